The number of ether oxygens (including phenoxy) is 2. The summed E-state index contributed by atoms with van der Waals surface area (Å²) in [5, 5.41) is 3.60. The van der Waals surface area contributed by atoms with Crippen molar-refractivity contribution in [2.45, 2.75) is 58.7 Å². The third-order valence-corrected chi connectivity index (χ3v) is 5.76. The van der Waals surface area contributed by atoms with E-state index in [4.69, 9.17) is 21.1 Å². The number of rotatable bonds is 11. The Labute approximate surface area is 195 Å². The predicted molar refractivity (Wildman–Crippen MR) is 127 cm³/mol. The lowest BCUT2D eigenvalue weighted by atomic mass is 10.1. The van der Waals surface area contributed by atoms with Crippen LogP contribution >= 0.6 is 11.6 Å². The monoisotopic (exact) mass is 460 g/mol. The number of benzene rings is 2. The van der Waals surface area contributed by atoms with Gasteiger partial charge in [0.05, 0.1) is 14.2 Å². The lowest BCUT2D eigenvalue weighted by Crippen LogP contribution is -2.49. The first-order valence-electron chi connectivity index (χ1n) is 10.8. The highest BCUT2D eigenvalue weighted by molar-refractivity contribution is 6.30. The van der Waals surface area contributed by atoms with Crippen molar-refractivity contribution < 1.29 is 19.1 Å². The first-order valence-corrected chi connectivity index (χ1v) is 11.2. The molecular weight excluding hydrogens is 428 g/mol. The highest BCUT2D eigenvalue weighted by Crippen LogP contribution is 2.28. The van der Waals surface area contributed by atoms with Crippen LogP contribution in [-0.4, -0.2) is 43.0 Å². The second-order valence-corrected chi connectivity index (χ2v) is 8.27. The standard InChI is InChI=1S/C25H33ClN2O4/c1-6-17(2)27-25(30)18(3)28(16-20-7-11-21(26)12-8-20)24(29)14-10-19-9-13-22(31-4)23(15-19)32-5/h7-9,11-13,15,17-18H,6,10,14,16H2,1-5H3,(H,27,30). The Morgan fingerprint density at radius 2 is 1.62 bits per heavy atom. The molecular formula is C25H33ClN2O4. The molecule has 32 heavy (non-hydrogen) atoms. The fraction of sp³-hybridized carbons (Fsp3) is 0.440. The number of hydrogen-bond donors (Lipinski definition) is 1. The van der Waals surface area contributed by atoms with Crippen molar-refractivity contribution in [3.63, 3.8) is 0 Å². The van der Waals surface area contributed by atoms with Crippen LogP contribution in [0.15, 0.2) is 42.5 Å². The molecule has 2 amide bonds. The van der Waals surface area contributed by atoms with Crippen molar-refractivity contribution >= 4 is 23.4 Å². The zero-order chi connectivity index (χ0) is 23.7. The van der Waals surface area contributed by atoms with E-state index in [-0.39, 0.29) is 24.3 Å². The van der Waals surface area contributed by atoms with E-state index in [1.807, 2.05) is 44.2 Å². The van der Waals surface area contributed by atoms with Crippen molar-refractivity contribution in [2.24, 2.45) is 0 Å². The second-order valence-electron chi connectivity index (χ2n) is 7.83. The number of hydrogen-bond acceptors (Lipinski definition) is 4. The molecule has 0 aliphatic rings. The Kier molecular flexibility index (Phi) is 9.85. The highest BCUT2D eigenvalue weighted by atomic mass is 35.5. The van der Waals surface area contributed by atoms with Gasteiger partial charge in [0.15, 0.2) is 11.5 Å². The molecule has 0 aromatic heterocycles. The van der Waals surface area contributed by atoms with Gasteiger partial charge in [-0.15, -0.1) is 0 Å². The molecule has 1 N–H and O–H groups in total. The van der Waals surface area contributed by atoms with Crippen LogP contribution in [0.25, 0.3) is 0 Å². The molecule has 0 heterocycles. The van der Waals surface area contributed by atoms with Gasteiger partial charge in [-0.25, -0.2) is 0 Å². The molecule has 174 valence electrons. The van der Waals surface area contributed by atoms with E-state index in [0.29, 0.717) is 29.5 Å². The quantitative estimate of drug-likeness (QED) is 0.531. The van der Waals surface area contributed by atoms with Gasteiger partial charge in [0.1, 0.15) is 6.04 Å². The van der Waals surface area contributed by atoms with Gasteiger partial charge in [-0.1, -0.05) is 36.7 Å². The third-order valence-electron chi connectivity index (χ3n) is 5.51. The average molecular weight is 461 g/mol. The number of methoxy groups -OCH3 is 2. The average Bonchev–Trinajstić information content (AvgIpc) is 2.81. The van der Waals surface area contributed by atoms with Crippen molar-refractivity contribution in [3.05, 3.63) is 58.6 Å². The summed E-state index contributed by atoms with van der Waals surface area (Å²) in [6.45, 7) is 6.06. The predicted octanol–water partition coefficient (Wildman–Crippen LogP) is 4.62. The van der Waals surface area contributed by atoms with Crippen LogP contribution < -0.4 is 14.8 Å². The van der Waals surface area contributed by atoms with Crippen LogP contribution in [-0.2, 0) is 22.6 Å². The second kappa shape index (κ2) is 12.3. The minimum Gasteiger partial charge on any atom is -0.493 e. The normalized spacial score (nSPS) is 12.6. The van der Waals surface area contributed by atoms with Crippen molar-refractivity contribution in [1.29, 1.82) is 0 Å². The number of aryl methyl sites for hydroxylation is 1. The van der Waals surface area contributed by atoms with Gasteiger partial charge >= 0.3 is 0 Å². The van der Waals surface area contributed by atoms with Gasteiger partial charge in [-0.2, -0.15) is 0 Å². The molecule has 0 saturated carbocycles. The Balaban J connectivity index is 2.17. The summed E-state index contributed by atoms with van der Waals surface area (Å²) in [7, 11) is 3.17. The summed E-state index contributed by atoms with van der Waals surface area (Å²) >= 11 is 6.00. The topological polar surface area (TPSA) is 67.9 Å². The molecule has 6 nitrogen and oxygen atoms in total. The van der Waals surface area contributed by atoms with Gasteiger partial charge in [-0.3, -0.25) is 9.59 Å². The van der Waals surface area contributed by atoms with E-state index in [0.717, 1.165) is 17.5 Å². The number of halogens is 1. The smallest absolute Gasteiger partial charge is 0.242 e. The molecule has 2 aromatic carbocycles. The lowest BCUT2D eigenvalue weighted by molar-refractivity contribution is -0.140. The summed E-state index contributed by atoms with van der Waals surface area (Å²) in [4.78, 5) is 27.6. The molecule has 2 rings (SSSR count). The zero-order valence-electron chi connectivity index (χ0n) is 19.5. The Morgan fingerprint density at radius 3 is 2.22 bits per heavy atom. The van der Waals surface area contributed by atoms with E-state index in [9.17, 15) is 9.59 Å². The number of carbonyl (C=O) groups is 2. The van der Waals surface area contributed by atoms with Crippen LogP contribution in [0.1, 0.15) is 44.7 Å². The molecule has 0 bridgehead atoms. The van der Waals surface area contributed by atoms with E-state index in [2.05, 4.69) is 5.32 Å². The summed E-state index contributed by atoms with van der Waals surface area (Å²) < 4.78 is 10.6. The molecule has 2 aromatic rings. The molecule has 0 aliphatic carbocycles. The first-order chi connectivity index (χ1) is 15.3. The number of nitrogens with one attached hydrogen (secondary N) is 1. The van der Waals surface area contributed by atoms with Crippen LogP contribution in [0.3, 0.4) is 0 Å². The summed E-state index contributed by atoms with van der Waals surface area (Å²) in [6.07, 6.45) is 1.61. The molecule has 0 aliphatic heterocycles. The zero-order valence-corrected chi connectivity index (χ0v) is 20.2. The number of nitrogens with zero attached hydrogens (tertiary/aromatic N) is 1. The molecule has 0 fully saturated rings. The van der Waals surface area contributed by atoms with E-state index < -0.39 is 6.04 Å². The Hall–Kier alpha value is -2.73. The van der Waals surface area contributed by atoms with E-state index >= 15 is 0 Å². The molecule has 2 atom stereocenters. The highest BCUT2D eigenvalue weighted by Gasteiger charge is 2.26. The maximum atomic E-state index is 13.2. The van der Waals surface area contributed by atoms with Crippen LogP contribution in [0.5, 0.6) is 11.5 Å². The largest absolute Gasteiger partial charge is 0.493 e. The van der Waals surface area contributed by atoms with Crippen LogP contribution in [0.2, 0.25) is 5.02 Å². The molecule has 2 unspecified atom stereocenters. The SMILES string of the molecule is CCC(C)NC(=O)C(C)N(Cc1ccc(Cl)cc1)C(=O)CCc1ccc(OC)c(OC)c1. The third kappa shape index (κ3) is 7.16. The van der Waals surface area contributed by atoms with Gasteiger partial charge in [0.25, 0.3) is 0 Å². The van der Waals surface area contributed by atoms with Crippen molar-refractivity contribution in [1.82, 2.24) is 10.2 Å². The van der Waals surface area contributed by atoms with Crippen molar-refractivity contribution in [3.8, 4) is 11.5 Å². The summed E-state index contributed by atoms with van der Waals surface area (Å²) in [5.74, 6) is 1.01. The number of amides is 2. The van der Waals surface area contributed by atoms with Crippen LogP contribution in [0.4, 0.5) is 0 Å². The summed E-state index contributed by atoms with van der Waals surface area (Å²) in [6, 6.07) is 12.4. The maximum Gasteiger partial charge on any atom is 0.242 e. The molecule has 0 saturated heterocycles. The Bertz CT molecular complexity index is 901. The fourth-order valence-corrected chi connectivity index (χ4v) is 3.39. The molecule has 0 radical (unpaired) electrons. The van der Waals surface area contributed by atoms with E-state index in [1.54, 1.807) is 38.2 Å². The summed E-state index contributed by atoms with van der Waals surface area (Å²) in [5.41, 5.74) is 1.87. The Morgan fingerprint density at radius 1 is 1.00 bits per heavy atom. The minimum atomic E-state index is -0.599. The molecule has 7 heteroatoms. The minimum absolute atomic E-state index is 0.0456. The van der Waals surface area contributed by atoms with Gasteiger partial charge < -0.3 is 19.7 Å². The van der Waals surface area contributed by atoms with E-state index in [1.165, 1.54) is 0 Å². The van der Waals surface area contributed by atoms with Crippen LogP contribution in [0, 0.1) is 0 Å². The maximum absolute atomic E-state index is 13.2. The first kappa shape index (κ1) is 25.5. The molecule has 0 spiro atoms. The van der Waals surface area contributed by atoms with Crippen molar-refractivity contribution in [2.75, 3.05) is 14.2 Å². The van der Waals surface area contributed by atoms with Gasteiger partial charge in [0.2, 0.25) is 11.8 Å². The number of carbonyl (C=O) groups excluding carboxylic acids is 2. The van der Waals surface area contributed by atoms with Gasteiger partial charge in [0, 0.05) is 24.0 Å². The fourth-order valence-electron chi connectivity index (χ4n) is 3.27. The lowest BCUT2D eigenvalue weighted by Gasteiger charge is -2.30. The van der Waals surface area contributed by atoms with Gasteiger partial charge in [-0.05, 0) is 62.1 Å².